The minimum atomic E-state index is -1.32. The Hall–Kier alpha value is -4.00. The van der Waals surface area contributed by atoms with Crippen LogP contribution in [0.15, 0.2) is 79.9 Å². The molecule has 2 bridgehead atoms. The van der Waals surface area contributed by atoms with Crippen molar-refractivity contribution in [2.75, 3.05) is 49.2 Å². The van der Waals surface area contributed by atoms with Gasteiger partial charge in [-0.15, -0.1) is 13.2 Å². The predicted molar refractivity (Wildman–Crippen MR) is 195 cm³/mol. The molecule has 2 N–H and O–H groups in total. The number of anilines is 2. The summed E-state index contributed by atoms with van der Waals surface area (Å²) in [4.78, 5) is 60.6. The standard InChI is InChI=1S/C38H47BrN4O7/c1-5-9-15-30(45)49-24-29(25-13-11-10-12-14-25)40-35(46)31-32-36(47)43(21-22-44)34(38(32)23-28(39)33(31)50-38)37(48)42(20-6-2)27-18-16-26(17-19-27)41(7-3)8-4/h5-6,10-14,16-19,28-29,31-34,44H,1-2,7-9,15,20-24H2,3-4H3,(H,40,46)/t28?,29-,31+,32-,33+,34+,38-/m0/s1. The fraction of sp³-hybridized carbons (Fsp3) is 0.474. The number of hydrogen-bond acceptors (Lipinski definition) is 8. The number of nitrogens with one attached hydrogen (secondary N) is 1. The van der Waals surface area contributed by atoms with Crippen LogP contribution in [0, 0.1) is 11.8 Å². The van der Waals surface area contributed by atoms with Gasteiger partial charge in [-0.25, -0.2) is 0 Å². The van der Waals surface area contributed by atoms with E-state index in [2.05, 4.69) is 53.2 Å². The quantitative estimate of drug-likeness (QED) is 0.140. The van der Waals surface area contributed by atoms with E-state index in [-0.39, 0.29) is 43.5 Å². The lowest BCUT2D eigenvalue weighted by atomic mass is 9.70. The number of nitrogens with zero attached hydrogens (tertiary/aromatic N) is 3. The van der Waals surface area contributed by atoms with E-state index in [0.717, 1.165) is 24.3 Å². The number of esters is 1. The monoisotopic (exact) mass is 750 g/mol. The Morgan fingerprint density at radius 2 is 1.78 bits per heavy atom. The van der Waals surface area contributed by atoms with Crippen LogP contribution in [-0.4, -0.2) is 95.7 Å². The molecule has 50 heavy (non-hydrogen) atoms. The minimum Gasteiger partial charge on any atom is -0.463 e. The zero-order valence-corrected chi connectivity index (χ0v) is 30.3. The van der Waals surface area contributed by atoms with Gasteiger partial charge in [0.1, 0.15) is 18.2 Å². The Bertz CT molecular complexity index is 1550. The second-order valence-corrected chi connectivity index (χ2v) is 14.0. The number of benzene rings is 2. The van der Waals surface area contributed by atoms with Crippen LogP contribution in [0.2, 0.25) is 0 Å². The number of ether oxygens (including phenoxy) is 2. The van der Waals surface area contributed by atoms with Crippen LogP contribution in [0.25, 0.3) is 0 Å². The zero-order valence-electron chi connectivity index (χ0n) is 28.7. The molecule has 0 saturated carbocycles. The van der Waals surface area contributed by atoms with Crippen molar-refractivity contribution in [2.24, 2.45) is 11.8 Å². The van der Waals surface area contributed by atoms with Gasteiger partial charge in [-0.05, 0) is 56.5 Å². The molecule has 3 aliphatic heterocycles. The highest BCUT2D eigenvalue weighted by Gasteiger charge is 2.76. The first-order chi connectivity index (χ1) is 24.1. The number of fused-ring (bicyclic) bond motifs is 1. The molecule has 12 heteroatoms. The lowest BCUT2D eigenvalue weighted by Crippen LogP contribution is -2.57. The zero-order chi connectivity index (χ0) is 36.0. The fourth-order valence-electron chi connectivity index (χ4n) is 7.73. The molecular weight excluding hydrogens is 704 g/mol. The summed E-state index contributed by atoms with van der Waals surface area (Å²) < 4.78 is 12.2. The molecule has 7 atom stereocenters. The van der Waals surface area contributed by atoms with Crippen molar-refractivity contribution < 1.29 is 33.8 Å². The summed E-state index contributed by atoms with van der Waals surface area (Å²) in [6, 6.07) is 15.1. The van der Waals surface area contributed by atoms with Crippen LogP contribution in [0.5, 0.6) is 0 Å². The van der Waals surface area contributed by atoms with Crippen LogP contribution in [0.1, 0.15) is 44.7 Å². The Labute approximate surface area is 302 Å². The summed E-state index contributed by atoms with van der Waals surface area (Å²) in [6.07, 6.45) is 3.53. The van der Waals surface area contributed by atoms with Crippen molar-refractivity contribution >= 4 is 51.0 Å². The van der Waals surface area contributed by atoms with Gasteiger partial charge in [0.25, 0.3) is 5.91 Å². The third-order valence-electron chi connectivity index (χ3n) is 10.0. The summed E-state index contributed by atoms with van der Waals surface area (Å²) in [6.45, 7) is 13.0. The van der Waals surface area contributed by atoms with E-state index < -0.39 is 53.4 Å². The third-order valence-corrected chi connectivity index (χ3v) is 10.9. The summed E-state index contributed by atoms with van der Waals surface area (Å²) in [5.41, 5.74) is 1.07. The molecule has 3 fully saturated rings. The van der Waals surface area contributed by atoms with Crippen LogP contribution < -0.4 is 15.1 Å². The second kappa shape index (κ2) is 16.3. The molecule has 3 aliphatic rings. The molecule has 11 nitrogen and oxygen atoms in total. The highest BCUT2D eigenvalue weighted by molar-refractivity contribution is 9.09. The number of rotatable bonds is 17. The maximum Gasteiger partial charge on any atom is 0.306 e. The SMILES string of the molecule is C=CCCC(=O)OC[C@H](NC(=O)[C@H]1[C@@H]2O[C@@]3(CC2Br)[C@@H]1C(=O)N(CCO)[C@@H]3C(=O)N(CC=C)c1ccc(N(CC)CC)cc1)c1ccccc1. The summed E-state index contributed by atoms with van der Waals surface area (Å²) in [7, 11) is 0. The highest BCUT2D eigenvalue weighted by Crippen LogP contribution is 2.60. The van der Waals surface area contributed by atoms with E-state index in [0.29, 0.717) is 18.5 Å². The molecular formula is C38H47BrN4O7. The van der Waals surface area contributed by atoms with Crippen molar-refractivity contribution in [3.63, 3.8) is 0 Å². The predicted octanol–water partition coefficient (Wildman–Crippen LogP) is 4.16. The van der Waals surface area contributed by atoms with Crippen molar-refractivity contribution in [1.82, 2.24) is 10.2 Å². The average molecular weight is 752 g/mol. The Morgan fingerprint density at radius 3 is 2.40 bits per heavy atom. The summed E-state index contributed by atoms with van der Waals surface area (Å²) in [5.74, 6) is -3.56. The van der Waals surface area contributed by atoms with Gasteiger partial charge in [0, 0.05) is 48.8 Å². The molecule has 0 radical (unpaired) electrons. The lowest BCUT2D eigenvalue weighted by Gasteiger charge is -2.37. The van der Waals surface area contributed by atoms with E-state index in [1.54, 1.807) is 17.1 Å². The first-order valence-electron chi connectivity index (χ1n) is 17.3. The van der Waals surface area contributed by atoms with Crippen molar-refractivity contribution in [2.45, 2.75) is 61.7 Å². The first-order valence-corrected chi connectivity index (χ1v) is 18.2. The van der Waals surface area contributed by atoms with Crippen molar-refractivity contribution in [3.8, 4) is 0 Å². The second-order valence-electron chi connectivity index (χ2n) is 12.8. The van der Waals surface area contributed by atoms with Gasteiger partial charge in [-0.2, -0.15) is 0 Å². The van der Waals surface area contributed by atoms with Crippen molar-refractivity contribution in [1.29, 1.82) is 0 Å². The van der Waals surface area contributed by atoms with Crippen LogP contribution in [-0.2, 0) is 28.7 Å². The number of aliphatic hydroxyl groups excluding tert-OH is 1. The first kappa shape index (κ1) is 37.3. The number of aliphatic hydroxyl groups is 1. The average Bonchev–Trinajstić information content (AvgIpc) is 3.72. The number of carbonyl (C=O) groups excluding carboxylic acids is 4. The summed E-state index contributed by atoms with van der Waals surface area (Å²) in [5, 5.41) is 13.1. The molecule has 2 aromatic carbocycles. The fourth-order valence-corrected chi connectivity index (χ4v) is 8.67. The van der Waals surface area contributed by atoms with E-state index >= 15 is 0 Å². The third kappa shape index (κ3) is 7.11. The lowest BCUT2D eigenvalue weighted by molar-refractivity contribution is -0.146. The van der Waals surface area contributed by atoms with Gasteiger partial charge in [-0.3, -0.25) is 19.2 Å². The molecule has 5 rings (SSSR count). The molecule has 1 unspecified atom stereocenters. The number of halogens is 1. The van der Waals surface area contributed by atoms with Crippen molar-refractivity contribution in [3.05, 3.63) is 85.5 Å². The summed E-state index contributed by atoms with van der Waals surface area (Å²) >= 11 is 3.72. The van der Waals surface area contributed by atoms with E-state index in [9.17, 15) is 24.3 Å². The number of carbonyl (C=O) groups is 4. The molecule has 0 aliphatic carbocycles. The Balaban J connectivity index is 1.45. The molecule has 3 saturated heterocycles. The number of β-amino-alcohol motifs (C(OH)–C–C–N with tert-alkyl or cyclic N) is 1. The largest absolute Gasteiger partial charge is 0.463 e. The molecule has 2 aromatic rings. The van der Waals surface area contributed by atoms with Gasteiger partial charge < -0.3 is 34.6 Å². The smallest absolute Gasteiger partial charge is 0.306 e. The van der Waals surface area contributed by atoms with Gasteiger partial charge in [0.15, 0.2) is 0 Å². The Kier molecular flexibility index (Phi) is 12.2. The topological polar surface area (TPSA) is 129 Å². The van der Waals surface area contributed by atoms with E-state index in [4.69, 9.17) is 9.47 Å². The van der Waals surface area contributed by atoms with Gasteiger partial charge in [0.05, 0.1) is 30.6 Å². The van der Waals surface area contributed by atoms with Crippen LogP contribution >= 0.6 is 15.9 Å². The number of alkyl halides is 1. The van der Waals surface area contributed by atoms with Gasteiger partial charge in [0.2, 0.25) is 11.8 Å². The maximum absolute atomic E-state index is 14.7. The van der Waals surface area contributed by atoms with Gasteiger partial charge in [-0.1, -0.05) is 58.4 Å². The molecule has 3 heterocycles. The highest BCUT2D eigenvalue weighted by atomic mass is 79.9. The number of allylic oxidation sites excluding steroid dienone is 1. The molecule has 3 amide bonds. The van der Waals surface area contributed by atoms with E-state index in [1.807, 2.05) is 54.6 Å². The minimum absolute atomic E-state index is 0.0983. The number of hydrogen-bond donors (Lipinski definition) is 2. The van der Waals surface area contributed by atoms with Gasteiger partial charge >= 0.3 is 5.97 Å². The van der Waals surface area contributed by atoms with Crippen LogP contribution in [0.4, 0.5) is 11.4 Å². The normalized spacial score (nSPS) is 25.5. The maximum atomic E-state index is 14.7. The van der Waals surface area contributed by atoms with Crippen LogP contribution in [0.3, 0.4) is 0 Å². The molecule has 1 spiro atoms. The Morgan fingerprint density at radius 1 is 1.10 bits per heavy atom. The number of amides is 3. The molecule has 0 aromatic heterocycles. The number of likely N-dealkylation sites (tertiary alicyclic amines) is 1. The van der Waals surface area contributed by atoms with E-state index in [1.165, 1.54) is 4.90 Å². The molecule has 268 valence electrons.